The van der Waals surface area contributed by atoms with Crippen molar-refractivity contribution in [1.82, 2.24) is 14.8 Å². The lowest BCUT2D eigenvalue weighted by Gasteiger charge is -2.24. The summed E-state index contributed by atoms with van der Waals surface area (Å²) in [5, 5.41) is 10.6. The lowest BCUT2D eigenvalue weighted by Crippen LogP contribution is -2.28. The molecule has 0 bridgehead atoms. The van der Waals surface area contributed by atoms with Crippen molar-refractivity contribution in [2.75, 3.05) is 0 Å². The number of Topliss-reactive ketones (excluding diaryl/α,β-unsaturated/α-hetero) is 1. The Labute approximate surface area is 185 Å². The summed E-state index contributed by atoms with van der Waals surface area (Å²) in [6.45, 7) is 10.2. The van der Waals surface area contributed by atoms with Crippen LogP contribution in [0.1, 0.15) is 66.3 Å². The predicted octanol–water partition coefficient (Wildman–Crippen LogP) is 5.73. The first-order chi connectivity index (χ1) is 14.2. The van der Waals surface area contributed by atoms with Gasteiger partial charge in [-0.25, -0.2) is 0 Å². The van der Waals surface area contributed by atoms with Crippen LogP contribution in [0.15, 0.2) is 29.3 Å². The second kappa shape index (κ2) is 7.75. The second-order valence-electron chi connectivity index (χ2n) is 8.08. The van der Waals surface area contributed by atoms with Crippen LogP contribution in [0.2, 0.25) is 5.02 Å². The molecule has 7 heteroatoms. The number of hydrogen-bond acceptors (Lipinski definition) is 5. The highest BCUT2D eigenvalue weighted by atomic mass is 35.5. The maximum atomic E-state index is 12.7. The Kier molecular flexibility index (Phi) is 5.41. The van der Waals surface area contributed by atoms with Gasteiger partial charge in [-0.2, -0.15) is 0 Å². The quantitative estimate of drug-likeness (QED) is 0.508. The van der Waals surface area contributed by atoms with Crippen molar-refractivity contribution in [2.24, 2.45) is 4.99 Å². The average molecular weight is 441 g/mol. The number of rotatable bonds is 5. The monoisotopic (exact) mass is 440 g/mol. The van der Waals surface area contributed by atoms with Crippen LogP contribution in [0.3, 0.4) is 0 Å². The lowest BCUT2D eigenvalue weighted by atomic mass is 9.92. The van der Waals surface area contributed by atoms with E-state index >= 15 is 0 Å². The topological polar surface area (TPSA) is 60.1 Å². The van der Waals surface area contributed by atoms with Crippen molar-refractivity contribution in [3.05, 3.63) is 62.5 Å². The van der Waals surface area contributed by atoms with Gasteiger partial charge >= 0.3 is 0 Å². The van der Waals surface area contributed by atoms with Gasteiger partial charge in [0.15, 0.2) is 5.82 Å². The molecule has 1 aromatic carbocycles. The number of aryl methyl sites for hydroxylation is 2. The molecule has 3 aromatic rings. The fourth-order valence-electron chi connectivity index (χ4n) is 4.04. The van der Waals surface area contributed by atoms with E-state index in [0.717, 1.165) is 39.9 Å². The van der Waals surface area contributed by atoms with E-state index in [0.29, 0.717) is 17.9 Å². The van der Waals surface area contributed by atoms with Crippen LogP contribution in [0.25, 0.3) is 5.00 Å². The summed E-state index contributed by atoms with van der Waals surface area (Å²) in [5.41, 5.74) is 3.32. The van der Waals surface area contributed by atoms with Crippen molar-refractivity contribution >= 4 is 34.4 Å². The molecule has 1 atom stereocenters. The van der Waals surface area contributed by atoms with Crippen LogP contribution >= 0.6 is 22.9 Å². The zero-order chi connectivity index (χ0) is 21.6. The second-order valence-corrected chi connectivity index (χ2v) is 9.72. The summed E-state index contributed by atoms with van der Waals surface area (Å²) in [4.78, 5) is 19.2. The third-order valence-electron chi connectivity index (χ3n) is 5.66. The smallest absolute Gasteiger partial charge is 0.166 e. The zero-order valence-corrected chi connectivity index (χ0v) is 19.5. The summed E-state index contributed by atoms with van der Waals surface area (Å²) >= 11 is 7.86. The Hall–Kier alpha value is -2.31. The van der Waals surface area contributed by atoms with Crippen LogP contribution in [0.4, 0.5) is 0 Å². The molecule has 0 aliphatic carbocycles. The number of ketones is 1. The molecule has 0 saturated carbocycles. The highest BCUT2D eigenvalue weighted by Crippen LogP contribution is 2.42. The lowest BCUT2D eigenvalue weighted by molar-refractivity contribution is -0.120. The molecular weight excluding hydrogens is 416 g/mol. The van der Waals surface area contributed by atoms with E-state index in [1.54, 1.807) is 11.3 Å². The van der Waals surface area contributed by atoms with Crippen LogP contribution in [0, 0.1) is 20.8 Å². The van der Waals surface area contributed by atoms with Gasteiger partial charge in [0.1, 0.15) is 22.1 Å². The molecule has 30 heavy (non-hydrogen) atoms. The van der Waals surface area contributed by atoms with Gasteiger partial charge in [0.2, 0.25) is 0 Å². The van der Waals surface area contributed by atoms with Crippen molar-refractivity contribution in [3.8, 4) is 5.00 Å². The number of carbonyl (C=O) groups excluding carboxylic acids is 1. The molecule has 0 radical (unpaired) electrons. The van der Waals surface area contributed by atoms with E-state index in [9.17, 15) is 4.79 Å². The molecule has 0 amide bonds. The first kappa shape index (κ1) is 20.9. The minimum atomic E-state index is -0.804. The van der Waals surface area contributed by atoms with Gasteiger partial charge in [-0.05, 0) is 51.8 Å². The summed E-state index contributed by atoms with van der Waals surface area (Å²) in [7, 11) is 0. The van der Waals surface area contributed by atoms with E-state index in [-0.39, 0.29) is 5.78 Å². The minimum Gasteiger partial charge on any atom is -0.300 e. The van der Waals surface area contributed by atoms with Crippen molar-refractivity contribution in [3.63, 3.8) is 0 Å². The number of fused-ring (bicyclic) bond motifs is 3. The number of thiophene rings is 1. The largest absolute Gasteiger partial charge is 0.300 e. The van der Waals surface area contributed by atoms with Gasteiger partial charge in [0, 0.05) is 33.9 Å². The third kappa shape index (κ3) is 3.42. The highest BCUT2D eigenvalue weighted by Gasteiger charge is 2.40. The Balaban J connectivity index is 2.03. The summed E-state index contributed by atoms with van der Waals surface area (Å²) < 4.78 is 2.09. The first-order valence-corrected chi connectivity index (χ1v) is 11.4. The predicted molar refractivity (Wildman–Crippen MR) is 122 cm³/mol. The number of hydrogen-bond donors (Lipinski definition) is 0. The Morgan fingerprint density at radius 3 is 2.53 bits per heavy atom. The fraction of sp³-hybridized carbons (Fsp3) is 0.391. The molecule has 1 unspecified atom stereocenters. The fourth-order valence-corrected chi connectivity index (χ4v) is 5.37. The summed E-state index contributed by atoms with van der Waals surface area (Å²) in [6, 6.07) is 7.74. The molecule has 0 fully saturated rings. The third-order valence-corrected chi connectivity index (χ3v) is 7.10. The summed E-state index contributed by atoms with van der Waals surface area (Å²) in [6.07, 6.45) is 1.65. The Morgan fingerprint density at radius 1 is 1.17 bits per heavy atom. The van der Waals surface area contributed by atoms with Gasteiger partial charge in [-0.1, -0.05) is 30.7 Å². The zero-order valence-electron chi connectivity index (χ0n) is 17.9. The van der Waals surface area contributed by atoms with Crippen LogP contribution in [-0.2, 0) is 10.3 Å². The number of benzene rings is 1. The first-order valence-electron chi connectivity index (χ1n) is 10.2. The molecule has 0 saturated heterocycles. The molecule has 156 valence electrons. The normalized spacial score (nSPS) is 17.9. The maximum Gasteiger partial charge on any atom is 0.166 e. The van der Waals surface area contributed by atoms with E-state index in [2.05, 4.69) is 28.6 Å². The number of carbonyl (C=O) groups is 1. The van der Waals surface area contributed by atoms with Gasteiger partial charge < -0.3 is 0 Å². The minimum absolute atomic E-state index is 0.185. The molecule has 0 N–H and O–H groups in total. The van der Waals surface area contributed by atoms with Crippen LogP contribution in [-0.4, -0.2) is 26.3 Å². The molecule has 1 aliphatic heterocycles. The maximum absolute atomic E-state index is 12.7. The molecule has 0 spiro atoms. The summed E-state index contributed by atoms with van der Waals surface area (Å²) in [5.74, 6) is 1.70. The number of aliphatic imine (C=N–C) groups is 1. The van der Waals surface area contributed by atoms with Crippen molar-refractivity contribution in [2.45, 2.75) is 59.4 Å². The van der Waals surface area contributed by atoms with Crippen LogP contribution in [0.5, 0.6) is 0 Å². The van der Waals surface area contributed by atoms with E-state index in [1.165, 1.54) is 10.4 Å². The van der Waals surface area contributed by atoms with Gasteiger partial charge in [0.05, 0.1) is 5.71 Å². The molecule has 5 nitrogen and oxygen atoms in total. The Bertz CT molecular complexity index is 1160. The van der Waals surface area contributed by atoms with E-state index in [4.69, 9.17) is 16.6 Å². The number of aromatic nitrogens is 3. The van der Waals surface area contributed by atoms with E-state index in [1.807, 2.05) is 45.0 Å². The van der Waals surface area contributed by atoms with Gasteiger partial charge in [0.25, 0.3) is 0 Å². The van der Waals surface area contributed by atoms with Gasteiger partial charge in [-0.15, -0.1) is 21.5 Å². The van der Waals surface area contributed by atoms with Crippen molar-refractivity contribution in [1.29, 1.82) is 0 Å². The number of halogens is 1. The van der Waals surface area contributed by atoms with Crippen molar-refractivity contribution < 1.29 is 4.79 Å². The molecule has 3 heterocycles. The van der Waals surface area contributed by atoms with E-state index < -0.39 is 5.54 Å². The highest BCUT2D eigenvalue weighted by molar-refractivity contribution is 7.15. The van der Waals surface area contributed by atoms with Gasteiger partial charge in [-0.3, -0.25) is 14.4 Å². The molecule has 1 aliphatic rings. The standard InChI is InChI=1S/C23H25ClN4OS/c1-6-7-18(29)12-23(5)22-27-26-15(4)28(22)21-19(13(2)14(3)30-21)20(25-23)16-8-10-17(24)11-9-16/h8-11H,6-7,12H2,1-5H3. The Morgan fingerprint density at radius 2 is 1.87 bits per heavy atom. The number of nitrogens with zero attached hydrogens (tertiary/aromatic N) is 4. The molecular formula is C23H25ClN4OS. The average Bonchev–Trinajstić information content (AvgIpc) is 3.18. The van der Waals surface area contributed by atoms with Crippen LogP contribution < -0.4 is 0 Å². The molecule has 2 aromatic heterocycles. The molecule has 4 rings (SSSR count). The SMILES string of the molecule is CCCC(=O)CC1(C)N=C(c2ccc(Cl)cc2)c2c(sc(C)c2C)-n2c(C)nnc21.